The van der Waals surface area contributed by atoms with Crippen LogP contribution in [0, 0.1) is 0 Å². The van der Waals surface area contributed by atoms with Crippen LogP contribution in [0.4, 0.5) is 0 Å². The van der Waals surface area contributed by atoms with Crippen molar-refractivity contribution in [3.8, 4) is 0 Å². The molecule has 0 radical (unpaired) electrons. The van der Waals surface area contributed by atoms with Crippen LogP contribution < -0.4 is 0 Å². The van der Waals surface area contributed by atoms with E-state index in [1.54, 1.807) is 6.08 Å². The molecule has 0 aromatic rings. The minimum Gasteiger partial charge on any atom is -0.481 e. The van der Waals surface area contributed by atoms with E-state index in [0.29, 0.717) is 6.42 Å². The highest BCUT2D eigenvalue weighted by molar-refractivity contribution is 5.68. The van der Waals surface area contributed by atoms with Crippen LogP contribution in [0.5, 0.6) is 0 Å². The van der Waals surface area contributed by atoms with Gasteiger partial charge in [0.05, 0.1) is 12.0 Å². The number of hydrogen-bond donors (Lipinski definition) is 2. The summed E-state index contributed by atoms with van der Waals surface area (Å²) in [5, 5.41) is 17.7. The average Bonchev–Trinajstić information content (AvgIpc) is 2.12. The molecule has 0 heterocycles. The number of hydrogen-bond acceptors (Lipinski definition) is 2. The Bertz CT molecular complexity index is 174. The monoisotopic (exact) mass is 142 g/mol. The van der Waals surface area contributed by atoms with E-state index < -0.39 is 11.6 Å². The molecule has 0 aliphatic heterocycles. The van der Waals surface area contributed by atoms with Crippen LogP contribution in [-0.2, 0) is 4.79 Å². The van der Waals surface area contributed by atoms with E-state index >= 15 is 0 Å². The third kappa shape index (κ3) is 1.57. The zero-order chi connectivity index (χ0) is 7.61. The van der Waals surface area contributed by atoms with Crippen LogP contribution in [0.15, 0.2) is 12.2 Å². The van der Waals surface area contributed by atoms with E-state index in [2.05, 4.69) is 0 Å². The maximum atomic E-state index is 10.2. The summed E-state index contributed by atoms with van der Waals surface area (Å²) in [5.74, 6) is -0.950. The standard InChI is InChI=1S/C7H10O3/c8-6(9)5-7(10)3-1-2-4-7/h1,3,10H,2,4-5H2,(H,8,9). The molecule has 0 aromatic heterocycles. The molecule has 2 N–H and O–H groups in total. The summed E-state index contributed by atoms with van der Waals surface area (Å²) in [7, 11) is 0. The Kier molecular flexibility index (Phi) is 1.76. The van der Waals surface area contributed by atoms with Gasteiger partial charge >= 0.3 is 5.97 Å². The Balaban J connectivity index is 2.52. The number of aliphatic hydroxyl groups is 1. The van der Waals surface area contributed by atoms with Gasteiger partial charge < -0.3 is 10.2 Å². The van der Waals surface area contributed by atoms with Gasteiger partial charge in [0, 0.05) is 0 Å². The van der Waals surface area contributed by atoms with Crippen molar-refractivity contribution >= 4 is 5.97 Å². The van der Waals surface area contributed by atoms with Crippen LogP contribution in [0.3, 0.4) is 0 Å². The smallest absolute Gasteiger partial charge is 0.306 e. The fourth-order valence-electron chi connectivity index (χ4n) is 1.13. The number of carbonyl (C=O) groups is 1. The third-order valence-corrected chi connectivity index (χ3v) is 1.63. The zero-order valence-electron chi connectivity index (χ0n) is 5.58. The minimum atomic E-state index is -1.06. The first kappa shape index (κ1) is 7.28. The predicted octanol–water partition coefficient (Wildman–Crippen LogP) is 0.542. The highest BCUT2D eigenvalue weighted by atomic mass is 16.4. The molecule has 1 aliphatic rings. The lowest BCUT2D eigenvalue weighted by atomic mass is 10.00. The molecule has 0 amide bonds. The molecule has 0 aromatic carbocycles. The molecule has 56 valence electrons. The Hall–Kier alpha value is -0.830. The van der Waals surface area contributed by atoms with Gasteiger partial charge in [0.1, 0.15) is 0 Å². The second-order valence-electron chi connectivity index (χ2n) is 2.62. The number of aliphatic carboxylic acids is 1. The Morgan fingerprint density at radius 1 is 1.70 bits per heavy atom. The number of allylic oxidation sites excluding steroid dienone is 1. The van der Waals surface area contributed by atoms with Gasteiger partial charge in [0.25, 0.3) is 0 Å². The summed E-state index contributed by atoms with van der Waals surface area (Å²) in [6, 6.07) is 0. The molecular formula is C7H10O3. The highest BCUT2D eigenvalue weighted by Crippen LogP contribution is 2.25. The van der Waals surface area contributed by atoms with Crippen molar-refractivity contribution in [1.82, 2.24) is 0 Å². The van der Waals surface area contributed by atoms with Crippen molar-refractivity contribution in [2.45, 2.75) is 24.9 Å². The zero-order valence-corrected chi connectivity index (χ0v) is 5.58. The molecule has 3 heteroatoms. The van der Waals surface area contributed by atoms with E-state index in [9.17, 15) is 9.90 Å². The van der Waals surface area contributed by atoms with E-state index in [0.717, 1.165) is 6.42 Å². The Morgan fingerprint density at radius 3 is 2.80 bits per heavy atom. The summed E-state index contributed by atoms with van der Waals surface area (Å²) in [6.45, 7) is 0. The van der Waals surface area contributed by atoms with E-state index in [1.165, 1.54) is 0 Å². The van der Waals surface area contributed by atoms with Gasteiger partial charge in [-0.3, -0.25) is 4.79 Å². The summed E-state index contributed by atoms with van der Waals surface area (Å²) in [5.41, 5.74) is -1.06. The molecule has 0 saturated heterocycles. The maximum Gasteiger partial charge on any atom is 0.306 e. The molecule has 10 heavy (non-hydrogen) atoms. The fourth-order valence-corrected chi connectivity index (χ4v) is 1.13. The number of carboxylic acids is 1. The van der Waals surface area contributed by atoms with Gasteiger partial charge in [-0.1, -0.05) is 12.2 Å². The Morgan fingerprint density at radius 2 is 2.40 bits per heavy atom. The van der Waals surface area contributed by atoms with E-state index in [1.807, 2.05) is 6.08 Å². The van der Waals surface area contributed by atoms with Gasteiger partial charge in [-0.15, -0.1) is 0 Å². The van der Waals surface area contributed by atoms with E-state index in [-0.39, 0.29) is 6.42 Å². The first-order valence-electron chi connectivity index (χ1n) is 3.24. The van der Waals surface area contributed by atoms with Crippen molar-refractivity contribution in [1.29, 1.82) is 0 Å². The van der Waals surface area contributed by atoms with E-state index in [4.69, 9.17) is 5.11 Å². The maximum absolute atomic E-state index is 10.2. The van der Waals surface area contributed by atoms with Crippen LogP contribution in [0.2, 0.25) is 0 Å². The summed E-state index contributed by atoms with van der Waals surface area (Å²) in [4.78, 5) is 10.2. The first-order chi connectivity index (χ1) is 4.62. The van der Waals surface area contributed by atoms with Crippen LogP contribution >= 0.6 is 0 Å². The summed E-state index contributed by atoms with van der Waals surface area (Å²) < 4.78 is 0. The minimum absolute atomic E-state index is 0.177. The summed E-state index contributed by atoms with van der Waals surface area (Å²) >= 11 is 0. The molecule has 0 spiro atoms. The van der Waals surface area contributed by atoms with Crippen LogP contribution in [0.25, 0.3) is 0 Å². The van der Waals surface area contributed by atoms with Crippen molar-refractivity contribution < 1.29 is 15.0 Å². The lowest BCUT2D eigenvalue weighted by molar-refractivity contribution is -0.140. The molecule has 3 nitrogen and oxygen atoms in total. The molecular weight excluding hydrogens is 132 g/mol. The first-order valence-corrected chi connectivity index (χ1v) is 3.24. The molecule has 1 atom stereocenters. The SMILES string of the molecule is O=C(O)CC1(O)C=CCC1. The van der Waals surface area contributed by atoms with Crippen molar-refractivity contribution in [2.75, 3.05) is 0 Å². The average molecular weight is 142 g/mol. The highest BCUT2D eigenvalue weighted by Gasteiger charge is 2.28. The van der Waals surface area contributed by atoms with Crippen LogP contribution in [-0.4, -0.2) is 21.8 Å². The van der Waals surface area contributed by atoms with Crippen LogP contribution in [0.1, 0.15) is 19.3 Å². The topological polar surface area (TPSA) is 57.5 Å². The van der Waals surface area contributed by atoms with Gasteiger partial charge in [0.2, 0.25) is 0 Å². The van der Waals surface area contributed by atoms with Gasteiger partial charge in [-0.25, -0.2) is 0 Å². The molecule has 0 bridgehead atoms. The second-order valence-corrected chi connectivity index (χ2v) is 2.62. The molecule has 0 saturated carbocycles. The molecule has 0 fully saturated rings. The fraction of sp³-hybridized carbons (Fsp3) is 0.571. The normalized spacial score (nSPS) is 30.9. The van der Waals surface area contributed by atoms with Crippen molar-refractivity contribution in [2.24, 2.45) is 0 Å². The largest absolute Gasteiger partial charge is 0.481 e. The lowest BCUT2D eigenvalue weighted by Crippen LogP contribution is -2.26. The second kappa shape index (κ2) is 2.42. The number of carboxylic acid groups (broad SMARTS) is 1. The molecule has 1 rings (SSSR count). The van der Waals surface area contributed by atoms with Crippen molar-refractivity contribution in [3.05, 3.63) is 12.2 Å². The van der Waals surface area contributed by atoms with Gasteiger partial charge in [0.15, 0.2) is 0 Å². The summed E-state index contributed by atoms with van der Waals surface area (Å²) in [6.07, 6.45) is 4.52. The lowest BCUT2D eigenvalue weighted by Gasteiger charge is -2.16. The molecule has 1 unspecified atom stereocenters. The van der Waals surface area contributed by atoms with Crippen molar-refractivity contribution in [3.63, 3.8) is 0 Å². The Labute approximate surface area is 59.0 Å². The molecule has 1 aliphatic carbocycles. The predicted molar refractivity (Wildman–Crippen MR) is 35.6 cm³/mol. The third-order valence-electron chi connectivity index (χ3n) is 1.63. The quantitative estimate of drug-likeness (QED) is 0.553. The number of rotatable bonds is 2. The van der Waals surface area contributed by atoms with Gasteiger partial charge in [-0.05, 0) is 12.8 Å². The van der Waals surface area contributed by atoms with Gasteiger partial charge in [-0.2, -0.15) is 0 Å².